The van der Waals surface area contributed by atoms with Gasteiger partial charge in [0.05, 0.1) is 4.05 Å². The summed E-state index contributed by atoms with van der Waals surface area (Å²) in [6.07, 6.45) is 3.73. The van der Waals surface area contributed by atoms with Crippen molar-refractivity contribution in [2.24, 2.45) is 0 Å². The fourth-order valence-corrected chi connectivity index (χ4v) is 1.46. The lowest BCUT2D eigenvalue weighted by molar-refractivity contribution is 0.191. The van der Waals surface area contributed by atoms with Crippen molar-refractivity contribution < 1.29 is 9.53 Å². The first-order valence-electron chi connectivity index (χ1n) is 3.73. The molecule has 1 amide bonds. The number of nitrogens with one attached hydrogen (secondary N) is 1. The van der Waals surface area contributed by atoms with Crippen LogP contribution < -0.4 is 5.32 Å². The van der Waals surface area contributed by atoms with Gasteiger partial charge in [0, 0.05) is 6.92 Å². The summed E-state index contributed by atoms with van der Waals surface area (Å²) in [6, 6.07) is 0. The zero-order valence-corrected chi connectivity index (χ0v) is 9.34. The first-order chi connectivity index (χ1) is 5.70. The minimum atomic E-state index is -0.475. The standard InChI is InChI=1S/C8H12INO2/c1-3-5-7(9)10-8(11)12-6-4-2/h7H,3,5H2,1-2H3,(H,10,11). The Hall–Kier alpha value is -0.440. The summed E-state index contributed by atoms with van der Waals surface area (Å²) < 4.78 is 4.62. The Labute approximate surface area is 86.4 Å². The minimum absolute atomic E-state index is 0.124. The average molecular weight is 281 g/mol. The molecule has 3 nitrogen and oxygen atoms in total. The van der Waals surface area contributed by atoms with Crippen molar-refractivity contribution >= 4 is 28.7 Å². The van der Waals surface area contributed by atoms with E-state index in [1.807, 2.05) is 0 Å². The highest BCUT2D eigenvalue weighted by Gasteiger charge is 2.06. The zero-order chi connectivity index (χ0) is 9.40. The predicted octanol–water partition coefficient (Wildman–Crippen LogP) is 2.25. The molecule has 1 N–H and O–H groups in total. The largest absolute Gasteiger partial charge is 0.422 e. The van der Waals surface area contributed by atoms with E-state index >= 15 is 0 Å². The average Bonchev–Trinajstić information content (AvgIpc) is 2.01. The summed E-state index contributed by atoms with van der Waals surface area (Å²) in [7, 11) is 0. The third-order valence-electron chi connectivity index (χ3n) is 1.06. The quantitative estimate of drug-likeness (QED) is 0.373. The molecule has 0 fully saturated rings. The number of hydrogen-bond donors (Lipinski definition) is 1. The molecule has 68 valence electrons. The van der Waals surface area contributed by atoms with Crippen LogP contribution in [0.1, 0.15) is 26.7 Å². The molecular weight excluding hydrogens is 269 g/mol. The van der Waals surface area contributed by atoms with Crippen LogP contribution in [0.15, 0.2) is 0 Å². The highest BCUT2D eigenvalue weighted by molar-refractivity contribution is 14.1. The molecule has 4 heteroatoms. The van der Waals surface area contributed by atoms with Gasteiger partial charge in [-0.3, -0.25) is 0 Å². The van der Waals surface area contributed by atoms with Crippen LogP contribution in [0, 0.1) is 12.0 Å². The minimum Gasteiger partial charge on any atom is -0.356 e. The van der Waals surface area contributed by atoms with E-state index in [0.29, 0.717) is 0 Å². The molecule has 0 spiro atoms. The van der Waals surface area contributed by atoms with E-state index in [9.17, 15) is 4.79 Å². The van der Waals surface area contributed by atoms with Crippen molar-refractivity contribution in [2.75, 3.05) is 0 Å². The molecule has 1 unspecified atom stereocenters. The molecule has 0 aliphatic carbocycles. The molecule has 0 aromatic rings. The monoisotopic (exact) mass is 281 g/mol. The van der Waals surface area contributed by atoms with E-state index in [2.05, 4.69) is 51.6 Å². The van der Waals surface area contributed by atoms with Crippen molar-refractivity contribution in [2.45, 2.75) is 30.7 Å². The van der Waals surface area contributed by atoms with Gasteiger partial charge in [0.25, 0.3) is 0 Å². The Morgan fingerprint density at radius 1 is 1.75 bits per heavy atom. The van der Waals surface area contributed by atoms with Gasteiger partial charge in [-0.25, -0.2) is 4.79 Å². The first-order valence-corrected chi connectivity index (χ1v) is 4.98. The maximum Gasteiger partial charge on any atom is 0.422 e. The molecule has 0 aromatic heterocycles. The summed E-state index contributed by atoms with van der Waals surface area (Å²) in [5, 5.41) is 2.64. The van der Waals surface area contributed by atoms with Gasteiger partial charge in [-0.05, 0) is 6.42 Å². The lowest BCUT2D eigenvalue weighted by Gasteiger charge is -2.07. The lowest BCUT2D eigenvalue weighted by Crippen LogP contribution is -2.29. The summed E-state index contributed by atoms with van der Waals surface area (Å²) in [5.41, 5.74) is 0. The summed E-state index contributed by atoms with van der Waals surface area (Å²) in [4.78, 5) is 10.8. The Bertz CT molecular complexity index is 195. The van der Waals surface area contributed by atoms with Crippen molar-refractivity contribution in [3.05, 3.63) is 0 Å². The van der Waals surface area contributed by atoms with E-state index < -0.39 is 6.09 Å². The third-order valence-corrected chi connectivity index (χ3v) is 2.00. The molecule has 0 saturated heterocycles. The maximum absolute atomic E-state index is 10.8. The lowest BCUT2D eigenvalue weighted by atomic mass is 10.3. The number of alkyl halides is 1. The molecule has 0 aliphatic rings. The molecule has 0 heterocycles. The maximum atomic E-state index is 10.8. The van der Waals surface area contributed by atoms with E-state index in [1.54, 1.807) is 6.92 Å². The fourth-order valence-electron chi connectivity index (χ4n) is 0.580. The first kappa shape index (κ1) is 11.6. The van der Waals surface area contributed by atoms with Gasteiger partial charge in [0.15, 0.2) is 0 Å². The number of amides is 1. The fraction of sp³-hybridized carbons (Fsp3) is 0.625. The predicted molar refractivity (Wildman–Crippen MR) is 55.8 cm³/mol. The Morgan fingerprint density at radius 2 is 2.42 bits per heavy atom. The van der Waals surface area contributed by atoms with Crippen molar-refractivity contribution in [1.82, 2.24) is 5.32 Å². The number of ether oxygens (including phenoxy) is 1. The number of carbonyl (C=O) groups is 1. The van der Waals surface area contributed by atoms with Gasteiger partial charge in [-0.2, -0.15) is 0 Å². The smallest absolute Gasteiger partial charge is 0.356 e. The van der Waals surface area contributed by atoms with Crippen LogP contribution in [0.4, 0.5) is 4.79 Å². The Morgan fingerprint density at radius 3 is 2.92 bits per heavy atom. The molecule has 0 aliphatic heterocycles. The van der Waals surface area contributed by atoms with E-state index in [-0.39, 0.29) is 4.05 Å². The van der Waals surface area contributed by atoms with E-state index in [0.717, 1.165) is 12.8 Å². The highest BCUT2D eigenvalue weighted by atomic mass is 127. The van der Waals surface area contributed by atoms with Crippen LogP contribution in [-0.2, 0) is 4.74 Å². The molecule has 0 bridgehead atoms. The Kier molecular flexibility index (Phi) is 6.96. The Balaban J connectivity index is 3.58. The summed E-state index contributed by atoms with van der Waals surface area (Å²) >= 11 is 2.15. The highest BCUT2D eigenvalue weighted by Crippen LogP contribution is 2.04. The number of halogens is 1. The zero-order valence-electron chi connectivity index (χ0n) is 7.19. The summed E-state index contributed by atoms with van der Waals surface area (Å²) in [6.45, 7) is 3.67. The number of hydrogen-bond acceptors (Lipinski definition) is 2. The molecule has 0 rings (SSSR count). The van der Waals surface area contributed by atoms with Gasteiger partial charge >= 0.3 is 6.09 Å². The number of rotatable bonds is 3. The van der Waals surface area contributed by atoms with Gasteiger partial charge in [-0.15, -0.1) is 0 Å². The normalized spacial score (nSPS) is 10.9. The molecule has 0 saturated carbocycles. The second-order valence-electron chi connectivity index (χ2n) is 2.14. The van der Waals surface area contributed by atoms with Gasteiger partial charge in [0.1, 0.15) is 6.11 Å². The molecule has 0 radical (unpaired) electrons. The van der Waals surface area contributed by atoms with E-state index in [4.69, 9.17) is 0 Å². The second kappa shape index (κ2) is 7.22. The van der Waals surface area contributed by atoms with Crippen LogP contribution in [-0.4, -0.2) is 10.1 Å². The second-order valence-corrected chi connectivity index (χ2v) is 3.65. The van der Waals surface area contributed by atoms with Crippen molar-refractivity contribution in [1.29, 1.82) is 0 Å². The van der Waals surface area contributed by atoms with E-state index in [1.165, 1.54) is 0 Å². The van der Waals surface area contributed by atoms with Crippen LogP contribution in [0.5, 0.6) is 0 Å². The van der Waals surface area contributed by atoms with Gasteiger partial charge in [0.2, 0.25) is 0 Å². The van der Waals surface area contributed by atoms with Crippen LogP contribution in [0.25, 0.3) is 0 Å². The SMILES string of the molecule is CC#COC(=O)NC(I)CCC. The van der Waals surface area contributed by atoms with Crippen LogP contribution in [0.2, 0.25) is 0 Å². The van der Waals surface area contributed by atoms with Gasteiger partial charge in [-0.1, -0.05) is 41.9 Å². The van der Waals surface area contributed by atoms with Crippen molar-refractivity contribution in [3.8, 4) is 12.0 Å². The molecule has 12 heavy (non-hydrogen) atoms. The van der Waals surface area contributed by atoms with Crippen molar-refractivity contribution in [3.63, 3.8) is 0 Å². The topological polar surface area (TPSA) is 38.3 Å². The molecular formula is C8H12INO2. The van der Waals surface area contributed by atoms with Crippen LogP contribution in [0.3, 0.4) is 0 Å². The van der Waals surface area contributed by atoms with Gasteiger partial charge < -0.3 is 10.1 Å². The number of carbonyl (C=O) groups excluding carboxylic acids is 1. The van der Waals surface area contributed by atoms with Crippen LogP contribution >= 0.6 is 22.6 Å². The molecule has 1 atom stereocenters. The molecule has 0 aromatic carbocycles. The third kappa shape index (κ3) is 6.28. The number of alkyl carbamates (subject to hydrolysis) is 1. The summed E-state index contributed by atoms with van der Waals surface area (Å²) in [5.74, 6) is 2.47.